The quantitative estimate of drug-likeness (QED) is 0.316. The Hall–Kier alpha value is -2.62. The van der Waals surface area contributed by atoms with Crippen molar-refractivity contribution in [3.05, 3.63) is 101 Å². The minimum atomic E-state index is 0.274. The fraction of sp³-hybridized carbons (Fsp3) is 0.471. The smallest absolute Gasteiger partial charge is 0.0492 e. The Kier molecular flexibility index (Phi) is 9.82. The molecule has 0 saturated carbocycles. The van der Waals surface area contributed by atoms with Crippen molar-refractivity contribution in [2.45, 2.75) is 76.4 Å². The molecule has 1 aliphatic heterocycles. The molecule has 0 spiro atoms. The number of aryl methyl sites for hydroxylation is 2. The lowest BCUT2D eigenvalue weighted by molar-refractivity contribution is 0.204. The highest BCUT2D eigenvalue weighted by Gasteiger charge is 2.23. The largest absolute Gasteiger partial charge is 0.391 e. The first-order valence-corrected chi connectivity index (χ1v) is 14.3. The summed E-state index contributed by atoms with van der Waals surface area (Å²) >= 11 is 0. The summed E-state index contributed by atoms with van der Waals surface area (Å²) in [7, 11) is 4.17. The number of rotatable bonds is 12. The van der Waals surface area contributed by atoms with Crippen molar-refractivity contribution in [3.63, 3.8) is 0 Å². The summed E-state index contributed by atoms with van der Waals surface area (Å²) in [6.07, 6.45) is 13.7. The van der Waals surface area contributed by atoms with Crippen LogP contribution in [0.5, 0.6) is 0 Å². The molecule has 1 N–H and O–H groups in total. The van der Waals surface area contributed by atoms with E-state index in [2.05, 4.69) is 78.3 Å². The van der Waals surface area contributed by atoms with Crippen molar-refractivity contribution in [3.8, 4) is 0 Å². The molecule has 198 valence electrons. The highest BCUT2D eigenvalue weighted by atomic mass is 15.1. The fourth-order valence-electron chi connectivity index (χ4n) is 6.27. The monoisotopic (exact) mass is 497 g/mol. The van der Waals surface area contributed by atoms with Crippen LogP contribution in [0.4, 0.5) is 0 Å². The molecule has 0 radical (unpaired) electrons. The van der Waals surface area contributed by atoms with Crippen molar-refractivity contribution < 1.29 is 0 Å². The van der Waals surface area contributed by atoms with E-state index in [1.165, 1.54) is 73.9 Å². The summed E-state index contributed by atoms with van der Waals surface area (Å²) in [5.74, 6) is 0.631. The molecule has 1 saturated heterocycles. The summed E-state index contributed by atoms with van der Waals surface area (Å²) in [4.78, 5) is 5.07. The molecule has 0 aromatic heterocycles. The van der Waals surface area contributed by atoms with Crippen molar-refractivity contribution in [2.75, 3.05) is 27.2 Å². The predicted octanol–water partition coefficient (Wildman–Crippen LogP) is 7.09. The van der Waals surface area contributed by atoms with Crippen molar-refractivity contribution >= 4 is 6.08 Å². The number of hydrogen-bond donors (Lipinski definition) is 1. The van der Waals surface area contributed by atoms with Gasteiger partial charge in [-0.3, -0.25) is 9.80 Å². The zero-order valence-corrected chi connectivity index (χ0v) is 23.3. The Labute approximate surface area is 226 Å². The standard InChI is InChI=1S/C34H47N3/c1-6-8-13-34(26(3)35-4)36(5)25-33-23-32(17-16-28(33)7-2)30-18-20-37(21-19-30)24-27-14-15-29-11-9-10-12-31(29)22-27/h6-7,14-17,22-23,30,34-35H,1-3,8-13,18-21,24-25H2,4-5H3. The molecule has 2 aromatic carbocycles. The van der Waals surface area contributed by atoms with Crippen LogP contribution in [0, 0.1) is 0 Å². The third-order valence-electron chi connectivity index (χ3n) is 8.58. The third kappa shape index (κ3) is 7.03. The molecular formula is C34H47N3. The average molecular weight is 498 g/mol. The SMILES string of the molecule is C=CCCC(C(=C)NC)N(C)Cc1cc(C2CCN(Cc3ccc4c(c3)CCCC4)CC2)ccc1C=C. The van der Waals surface area contributed by atoms with E-state index in [1.807, 2.05) is 19.2 Å². The van der Waals surface area contributed by atoms with Crippen LogP contribution in [0.3, 0.4) is 0 Å². The predicted molar refractivity (Wildman–Crippen MR) is 160 cm³/mol. The average Bonchev–Trinajstić information content (AvgIpc) is 2.93. The van der Waals surface area contributed by atoms with E-state index >= 15 is 0 Å². The van der Waals surface area contributed by atoms with Gasteiger partial charge in [0.15, 0.2) is 0 Å². The lowest BCUT2D eigenvalue weighted by Gasteiger charge is -2.33. The van der Waals surface area contributed by atoms with Gasteiger partial charge in [0.25, 0.3) is 0 Å². The Bertz CT molecular complexity index is 1080. The molecule has 1 fully saturated rings. The molecule has 3 nitrogen and oxygen atoms in total. The highest BCUT2D eigenvalue weighted by Crippen LogP contribution is 2.31. The van der Waals surface area contributed by atoms with E-state index in [1.54, 1.807) is 11.1 Å². The molecule has 1 aliphatic carbocycles. The number of hydrogen-bond acceptors (Lipinski definition) is 3. The van der Waals surface area contributed by atoms with Gasteiger partial charge >= 0.3 is 0 Å². The van der Waals surface area contributed by atoms with Crippen LogP contribution in [0.1, 0.15) is 77.8 Å². The Balaban J connectivity index is 1.39. The van der Waals surface area contributed by atoms with E-state index in [4.69, 9.17) is 0 Å². The van der Waals surface area contributed by atoms with Crippen LogP contribution < -0.4 is 5.32 Å². The highest BCUT2D eigenvalue weighted by molar-refractivity contribution is 5.53. The summed E-state index contributed by atoms with van der Waals surface area (Å²) in [6, 6.07) is 14.6. The maximum atomic E-state index is 4.27. The summed E-state index contributed by atoms with van der Waals surface area (Å²) in [6.45, 7) is 16.6. The van der Waals surface area contributed by atoms with Gasteiger partial charge in [0.2, 0.25) is 0 Å². The van der Waals surface area contributed by atoms with E-state index in [0.717, 1.165) is 31.6 Å². The molecule has 1 heterocycles. The number of likely N-dealkylation sites (N-methyl/N-ethyl adjacent to an activating group) is 2. The molecule has 1 atom stereocenters. The molecule has 2 aliphatic rings. The van der Waals surface area contributed by atoms with E-state index in [9.17, 15) is 0 Å². The van der Waals surface area contributed by atoms with Gasteiger partial charge in [0.05, 0.1) is 0 Å². The van der Waals surface area contributed by atoms with E-state index in [0.29, 0.717) is 5.92 Å². The second kappa shape index (κ2) is 13.3. The molecule has 4 rings (SSSR count). The van der Waals surface area contributed by atoms with E-state index in [-0.39, 0.29) is 6.04 Å². The zero-order chi connectivity index (χ0) is 26.2. The van der Waals surface area contributed by atoms with Crippen molar-refractivity contribution in [1.29, 1.82) is 0 Å². The maximum absolute atomic E-state index is 4.27. The first-order chi connectivity index (χ1) is 18.0. The number of nitrogens with one attached hydrogen (secondary N) is 1. The summed E-state index contributed by atoms with van der Waals surface area (Å²) < 4.78 is 0. The number of fused-ring (bicyclic) bond motifs is 1. The summed E-state index contributed by atoms with van der Waals surface area (Å²) in [5, 5.41) is 3.27. The van der Waals surface area contributed by atoms with Gasteiger partial charge in [-0.15, -0.1) is 6.58 Å². The second-order valence-electron chi connectivity index (χ2n) is 11.1. The maximum Gasteiger partial charge on any atom is 0.0492 e. The number of piperidine rings is 1. The van der Waals surface area contributed by atoms with E-state index < -0.39 is 0 Å². The van der Waals surface area contributed by atoms with Crippen LogP contribution in [0.25, 0.3) is 6.08 Å². The molecule has 3 heteroatoms. The fourth-order valence-corrected chi connectivity index (χ4v) is 6.27. The topological polar surface area (TPSA) is 18.5 Å². The van der Waals surface area contributed by atoms with Gasteiger partial charge in [-0.2, -0.15) is 0 Å². The van der Waals surface area contributed by atoms with Crippen LogP contribution >= 0.6 is 0 Å². The Morgan fingerprint density at radius 2 is 1.84 bits per heavy atom. The van der Waals surface area contributed by atoms with Gasteiger partial charge in [0.1, 0.15) is 0 Å². The minimum absolute atomic E-state index is 0.274. The lowest BCUT2D eigenvalue weighted by Crippen LogP contribution is -2.36. The Morgan fingerprint density at radius 1 is 1.08 bits per heavy atom. The molecule has 2 aromatic rings. The first kappa shape index (κ1) is 27.4. The van der Waals surface area contributed by atoms with Gasteiger partial charge in [0, 0.05) is 31.9 Å². The number of allylic oxidation sites excluding steroid dienone is 1. The second-order valence-corrected chi connectivity index (χ2v) is 11.1. The number of likely N-dealkylation sites (tertiary alicyclic amines) is 1. The van der Waals surface area contributed by atoms with Gasteiger partial charge < -0.3 is 5.32 Å². The number of benzene rings is 2. The van der Waals surface area contributed by atoms with Crippen LogP contribution in [-0.4, -0.2) is 43.0 Å². The lowest BCUT2D eigenvalue weighted by atomic mass is 9.87. The molecule has 0 amide bonds. The Morgan fingerprint density at radius 3 is 2.54 bits per heavy atom. The zero-order valence-electron chi connectivity index (χ0n) is 23.3. The molecule has 1 unspecified atom stereocenters. The molecular weight excluding hydrogens is 450 g/mol. The van der Waals surface area contributed by atoms with Crippen LogP contribution in [0.2, 0.25) is 0 Å². The van der Waals surface area contributed by atoms with Gasteiger partial charge in [-0.05, 0) is 111 Å². The molecule has 0 bridgehead atoms. The summed E-state index contributed by atoms with van der Waals surface area (Å²) in [5.41, 5.74) is 9.82. The van der Waals surface area contributed by atoms with Crippen LogP contribution in [-0.2, 0) is 25.9 Å². The number of nitrogens with zero attached hydrogens (tertiary/aromatic N) is 2. The van der Waals surface area contributed by atoms with Gasteiger partial charge in [-0.1, -0.05) is 61.7 Å². The van der Waals surface area contributed by atoms with Crippen molar-refractivity contribution in [2.24, 2.45) is 0 Å². The normalized spacial score (nSPS) is 17.3. The van der Waals surface area contributed by atoms with Gasteiger partial charge in [-0.25, -0.2) is 0 Å². The molecule has 37 heavy (non-hydrogen) atoms. The minimum Gasteiger partial charge on any atom is -0.391 e. The van der Waals surface area contributed by atoms with Crippen molar-refractivity contribution in [1.82, 2.24) is 15.1 Å². The third-order valence-corrected chi connectivity index (χ3v) is 8.58. The first-order valence-electron chi connectivity index (χ1n) is 14.3. The van der Waals surface area contributed by atoms with Crippen LogP contribution in [0.15, 0.2) is 67.9 Å².